The van der Waals surface area contributed by atoms with Gasteiger partial charge < -0.3 is 14.6 Å². The van der Waals surface area contributed by atoms with Crippen molar-refractivity contribution in [2.45, 2.75) is 328 Å². The van der Waals surface area contributed by atoms with E-state index in [2.05, 4.69) is 135 Å². The van der Waals surface area contributed by atoms with E-state index in [1.165, 1.54) is 186 Å². The lowest BCUT2D eigenvalue weighted by atomic mass is 10.0. The van der Waals surface area contributed by atoms with Crippen LogP contribution in [0.5, 0.6) is 0 Å². The first-order valence-electron chi connectivity index (χ1n) is 34.1. The van der Waals surface area contributed by atoms with Crippen LogP contribution in [-0.2, 0) is 19.1 Å². The molecule has 1 unspecified atom stereocenters. The van der Waals surface area contributed by atoms with Crippen LogP contribution in [0.4, 0.5) is 0 Å². The van der Waals surface area contributed by atoms with E-state index in [1.807, 2.05) is 0 Å². The van der Waals surface area contributed by atoms with Crippen LogP contribution in [0.25, 0.3) is 0 Å². The number of carbonyl (C=O) groups is 2. The van der Waals surface area contributed by atoms with Crippen molar-refractivity contribution in [3.63, 3.8) is 0 Å². The molecule has 0 aliphatic heterocycles. The van der Waals surface area contributed by atoms with Gasteiger partial charge in [0.25, 0.3) is 0 Å². The fourth-order valence-electron chi connectivity index (χ4n) is 9.66. The standard InChI is InChI=1S/C75H128O5/c1-3-5-7-9-11-13-15-17-19-21-23-25-27-29-31-33-34-35-36-37-38-39-40-42-43-45-47-49-51-53-55-57-59-61-63-65-67-69-74(77)79-72-73(71-76)80-75(78)70-68-66-64-62-60-58-56-54-52-50-48-46-44-41-32-30-28-26-24-22-20-18-16-14-12-10-8-6-4-2/h6,8,12,14-15,17-18,20-21,23-24,26,30,32,44,46,50,52,56,58,73,76H,3-5,7,9-11,13,16,19,22,25,27-29,31,33-43,45,47-49,51,53-55,57,59-72H2,1-2H3/b8-6-,14-12-,17-15-,20-18-,23-21-,26-24-,32-30-,46-44-,52-50-,58-56-. The van der Waals surface area contributed by atoms with Gasteiger partial charge in [0.05, 0.1) is 6.61 Å². The van der Waals surface area contributed by atoms with E-state index in [-0.39, 0.29) is 25.2 Å². The van der Waals surface area contributed by atoms with Crippen LogP contribution in [0.3, 0.4) is 0 Å². The van der Waals surface area contributed by atoms with E-state index in [4.69, 9.17) is 9.47 Å². The molecule has 0 radical (unpaired) electrons. The summed E-state index contributed by atoms with van der Waals surface area (Å²) in [5.74, 6) is -0.615. The molecule has 0 bridgehead atoms. The Kier molecular flexibility index (Phi) is 66.4. The lowest BCUT2D eigenvalue weighted by Gasteiger charge is -2.15. The Balaban J connectivity index is 3.50. The molecule has 0 aliphatic carbocycles. The zero-order valence-electron chi connectivity index (χ0n) is 52.6. The van der Waals surface area contributed by atoms with Gasteiger partial charge in [0, 0.05) is 12.8 Å². The molecular weight excluding hydrogens is 981 g/mol. The minimum absolute atomic E-state index is 0.0804. The molecule has 0 rings (SSSR count). The number of ether oxygens (including phenoxy) is 2. The first-order chi connectivity index (χ1) is 39.6. The van der Waals surface area contributed by atoms with Crippen molar-refractivity contribution in [1.29, 1.82) is 0 Å². The van der Waals surface area contributed by atoms with Crippen LogP contribution < -0.4 is 0 Å². The molecule has 458 valence electrons. The van der Waals surface area contributed by atoms with E-state index >= 15 is 0 Å². The average molecular weight is 1110 g/mol. The summed E-state index contributed by atoms with van der Waals surface area (Å²) in [6, 6.07) is 0. The molecule has 0 aromatic carbocycles. The molecule has 0 aliphatic rings. The van der Waals surface area contributed by atoms with Gasteiger partial charge in [-0.25, -0.2) is 0 Å². The quantitative estimate of drug-likeness (QED) is 0.0373. The number of aliphatic hydroxyl groups is 1. The van der Waals surface area contributed by atoms with Gasteiger partial charge in [-0.1, -0.05) is 322 Å². The number of aliphatic hydroxyl groups excluding tert-OH is 1. The van der Waals surface area contributed by atoms with E-state index in [9.17, 15) is 14.7 Å². The summed E-state index contributed by atoms with van der Waals surface area (Å²) < 4.78 is 10.7. The van der Waals surface area contributed by atoms with Gasteiger partial charge in [-0.15, -0.1) is 0 Å². The van der Waals surface area contributed by atoms with Gasteiger partial charge in [-0.3, -0.25) is 9.59 Å². The van der Waals surface area contributed by atoms with Crippen LogP contribution in [0, 0.1) is 0 Å². The molecule has 0 amide bonds. The van der Waals surface area contributed by atoms with Crippen molar-refractivity contribution in [2.24, 2.45) is 0 Å². The summed E-state index contributed by atoms with van der Waals surface area (Å²) in [5, 5.41) is 9.69. The maximum absolute atomic E-state index is 12.3. The second-order valence-corrected chi connectivity index (χ2v) is 22.5. The van der Waals surface area contributed by atoms with Gasteiger partial charge in [0.2, 0.25) is 0 Å². The maximum Gasteiger partial charge on any atom is 0.306 e. The Bertz CT molecular complexity index is 1590. The molecule has 0 saturated heterocycles. The Morgan fingerprint density at radius 2 is 0.537 bits per heavy atom. The van der Waals surface area contributed by atoms with Crippen molar-refractivity contribution >= 4 is 11.9 Å². The third kappa shape index (κ3) is 66.8. The fraction of sp³-hybridized carbons (Fsp3) is 0.707. The third-order valence-corrected chi connectivity index (χ3v) is 14.7. The van der Waals surface area contributed by atoms with Gasteiger partial charge >= 0.3 is 11.9 Å². The van der Waals surface area contributed by atoms with Crippen LogP contribution in [-0.4, -0.2) is 36.4 Å². The normalized spacial score (nSPS) is 13.0. The Labute approximate surface area is 496 Å². The minimum Gasteiger partial charge on any atom is -0.462 e. The van der Waals surface area contributed by atoms with Crippen molar-refractivity contribution in [3.05, 3.63) is 122 Å². The zero-order valence-corrected chi connectivity index (χ0v) is 52.6. The highest BCUT2D eigenvalue weighted by atomic mass is 16.6. The molecule has 1 N–H and O–H groups in total. The molecule has 0 fully saturated rings. The van der Waals surface area contributed by atoms with E-state index < -0.39 is 6.10 Å². The monoisotopic (exact) mass is 1110 g/mol. The predicted octanol–water partition coefficient (Wildman–Crippen LogP) is 23.8. The van der Waals surface area contributed by atoms with E-state index in [0.717, 1.165) is 109 Å². The van der Waals surface area contributed by atoms with Gasteiger partial charge in [-0.2, -0.15) is 0 Å². The molecule has 5 heteroatoms. The second kappa shape index (κ2) is 69.6. The van der Waals surface area contributed by atoms with Gasteiger partial charge in [-0.05, 0) is 109 Å². The van der Waals surface area contributed by atoms with Crippen LogP contribution in [0.1, 0.15) is 322 Å². The highest BCUT2D eigenvalue weighted by Gasteiger charge is 2.16. The molecule has 0 aromatic heterocycles. The topological polar surface area (TPSA) is 72.8 Å². The lowest BCUT2D eigenvalue weighted by molar-refractivity contribution is -0.161. The number of hydrogen-bond acceptors (Lipinski definition) is 5. The second-order valence-electron chi connectivity index (χ2n) is 22.5. The summed E-state index contributed by atoms with van der Waals surface area (Å²) >= 11 is 0. The first-order valence-corrected chi connectivity index (χ1v) is 34.1. The maximum atomic E-state index is 12.3. The predicted molar refractivity (Wildman–Crippen MR) is 352 cm³/mol. The largest absolute Gasteiger partial charge is 0.462 e. The lowest BCUT2D eigenvalue weighted by Crippen LogP contribution is -2.28. The summed E-state index contributed by atoms with van der Waals surface area (Å²) in [6.45, 7) is 4.02. The van der Waals surface area contributed by atoms with Crippen LogP contribution in [0.2, 0.25) is 0 Å². The number of allylic oxidation sites excluding steroid dienone is 20. The SMILES string of the molecule is CC/C=C\C/C=C\C/C=C\C/C=C\C/C=C\C/C=C\C/C=C\C/C=C\CCCCCCC(=O)OC(CO)COC(=O)CCCCCCCCCCCCCCCCCCCCCCCCCCC/C=C\C/C=C\CCCCCCC. The van der Waals surface area contributed by atoms with Crippen LogP contribution >= 0.6 is 0 Å². The van der Waals surface area contributed by atoms with Crippen molar-refractivity contribution in [3.8, 4) is 0 Å². The highest BCUT2D eigenvalue weighted by molar-refractivity contribution is 5.70. The number of hydrogen-bond donors (Lipinski definition) is 1. The van der Waals surface area contributed by atoms with Crippen molar-refractivity contribution < 1.29 is 24.2 Å². The number of esters is 2. The van der Waals surface area contributed by atoms with Gasteiger partial charge in [0.1, 0.15) is 6.61 Å². The van der Waals surface area contributed by atoms with E-state index in [0.29, 0.717) is 12.8 Å². The van der Waals surface area contributed by atoms with E-state index in [1.54, 1.807) is 0 Å². The average Bonchev–Trinajstić information content (AvgIpc) is 3.46. The number of carbonyl (C=O) groups excluding carboxylic acids is 2. The fourth-order valence-corrected chi connectivity index (χ4v) is 9.66. The molecule has 0 aromatic rings. The molecule has 5 nitrogen and oxygen atoms in total. The smallest absolute Gasteiger partial charge is 0.306 e. The Morgan fingerprint density at radius 1 is 0.300 bits per heavy atom. The summed E-state index contributed by atoms with van der Waals surface area (Å²) in [4.78, 5) is 24.6. The third-order valence-electron chi connectivity index (χ3n) is 14.7. The Hall–Kier alpha value is -3.70. The summed E-state index contributed by atoms with van der Waals surface area (Å²) in [7, 11) is 0. The molecule has 0 heterocycles. The minimum atomic E-state index is -0.794. The first kappa shape index (κ1) is 76.3. The molecule has 80 heavy (non-hydrogen) atoms. The van der Waals surface area contributed by atoms with Crippen molar-refractivity contribution in [2.75, 3.05) is 13.2 Å². The summed E-state index contributed by atoms with van der Waals surface area (Å²) in [5.41, 5.74) is 0. The highest BCUT2D eigenvalue weighted by Crippen LogP contribution is 2.17. The molecule has 0 saturated carbocycles. The zero-order chi connectivity index (χ0) is 57.6. The number of unbranched alkanes of at least 4 members (excludes halogenated alkanes) is 34. The molecular formula is C75H128O5. The molecule has 1 atom stereocenters. The Morgan fingerprint density at radius 3 is 0.812 bits per heavy atom. The van der Waals surface area contributed by atoms with Crippen LogP contribution in [0.15, 0.2) is 122 Å². The molecule has 0 spiro atoms. The summed E-state index contributed by atoms with van der Waals surface area (Å²) in [6.07, 6.45) is 102. The van der Waals surface area contributed by atoms with Crippen molar-refractivity contribution in [1.82, 2.24) is 0 Å². The number of rotatable bonds is 62. The van der Waals surface area contributed by atoms with Gasteiger partial charge in [0.15, 0.2) is 6.10 Å².